The van der Waals surface area contributed by atoms with Crippen molar-refractivity contribution in [2.75, 3.05) is 5.06 Å². The Bertz CT molecular complexity index is 729. The summed E-state index contributed by atoms with van der Waals surface area (Å²) in [4.78, 5) is 24.8. The molecule has 0 saturated heterocycles. The van der Waals surface area contributed by atoms with Crippen molar-refractivity contribution in [3.63, 3.8) is 0 Å². The number of benzene rings is 1. The lowest BCUT2D eigenvalue weighted by atomic mass is 9.80. The van der Waals surface area contributed by atoms with Crippen LogP contribution in [0.1, 0.15) is 62.4 Å². The molecule has 0 radical (unpaired) electrons. The molecule has 0 atom stereocenters. The van der Waals surface area contributed by atoms with Crippen LogP contribution in [0.5, 0.6) is 0 Å². The van der Waals surface area contributed by atoms with Crippen molar-refractivity contribution in [3.8, 4) is 0 Å². The van der Waals surface area contributed by atoms with Crippen molar-refractivity contribution in [2.24, 2.45) is 0 Å². The molecule has 25 heavy (non-hydrogen) atoms. The average Bonchev–Trinajstić information content (AvgIpc) is 3.07. The molecular formula is C19H27NO4Si. The van der Waals surface area contributed by atoms with Gasteiger partial charge >= 0.3 is 5.97 Å². The molecule has 0 bridgehead atoms. The summed E-state index contributed by atoms with van der Waals surface area (Å²) in [5.41, 5.74) is 1.20. The molecule has 1 aliphatic heterocycles. The molecular weight excluding hydrogens is 334 g/mol. The van der Waals surface area contributed by atoms with Gasteiger partial charge < -0.3 is 9.63 Å². The van der Waals surface area contributed by atoms with Gasteiger partial charge in [-0.3, -0.25) is 4.79 Å². The summed E-state index contributed by atoms with van der Waals surface area (Å²) >= 11 is 0. The molecule has 0 aromatic heterocycles. The predicted molar refractivity (Wildman–Crippen MR) is 99.3 cm³/mol. The maximum Gasteiger partial charge on any atom is 0.335 e. The van der Waals surface area contributed by atoms with E-state index in [9.17, 15) is 14.7 Å². The Morgan fingerprint density at radius 1 is 1.24 bits per heavy atom. The number of fused-ring (bicyclic) bond motifs is 2. The predicted octanol–water partition coefficient (Wildman–Crippen LogP) is 4.48. The lowest BCUT2D eigenvalue weighted by Gasteiger charge is -2.38. The fourth-order valence-electron chi connectivity index (χ4n) is 3.57. The molecule has 1 aromatic rings. The number of carboxylic acid groups (broad SMARTS) is 1. The van der Waals surface area contributed by atoms with E-state index in [1.807, 2.05) is 6.07 Å². The van der Waals surface area contributed by atoms with Crippen LogP contribution < -0.4 is 5.06 Å². The van der Waals surface area contributed by atoms with Gasteiger partial charge in [-0.05, 0) is 48.7 Å². The lowest BCUT2D eigenvalue weighted by molar-refractivity contribution is -0.127. The van der Waals surface area contributed by atoms with Crippen LogP contribution in [0.2, 0.25) is 18.1 Å². The Hall–Kier alpha value is -1.66. The van der Waals surface area contributed by atoms with Gasteiger partial charge in [-0.2, -0.15) is 5.06 Å². The van der Waals surface area contributed by atoms with E-state index in [-0.39, 0.29) is 16.5 Å². The zero-order valence-electron chi connectivity index (χ0n) is 15.7. The first-order valence-electron chi connectivity index (χ1n) is 8.91. The van der Waals surface area contributed by atoms with E-state index in [0.717, 1.165) is 31.2 Å². The van der Waals surface area contributed by atoms with Crippen molar-refractivity contribution in [3.05, 3.63) is 29.3 Å². The van der Waals surface area contributed by atoms with E-state index in [0.29, 0.717) is 5.69 Å². The molecule has 0 unspecified atom stereocenters. The Morgan fingerprint density at radius 2 is 1.84 bits per heavy atom. The first kappa shape index (κ1) is 18.1. The van der Waals surface area contributed by atoms with Gasteiger partial charge in [0, 0.05) is 0 Å². The van der Waals surface area contributed by atoms with E-state index in [2.05, 4.69) is 33.9 Å². The van der Waals surface area contributed by atoms with Gasteiger partial charge in [0.05, 0.1) is 16.7 Å². The summed E-state index contributed by atoms with van der Waals surface area (Å²) in [6, 6.07) is 5.01. The average molecular weight is 362 g/mol. The van der Waals surface area contributed by atoms with Gasteiger partial charge in [0.25, 0.3) is 5.91 Å². The van der Waals surface area contributed by atoms with Crippen molar-refractivity contribution < 1.29 is 19.2 Å². The standard InChI is InChI=1S/C19H27NO4Si/c1-18(2,3)25(4,5)24-20-15-12-13(16(21)22)8-9-14(15)19(17(20)23)10-6-7-11-19/h8-9,12H,6-7,10-11H2,1-5H3,(H,21,22). The van der Waals surface area contributed by atoms with E-state index >= 15 is 0 Å². The number of rotatable bonds is 3. The fourth-order valence-corrected chi connectivity index (χ4v) is 4.49. The molecule has 3 rings (SSSR count). The number of carboxylic acids is 1. The number of anilines is 1. The number of aromatic carboxylic acids is 1. The van der Waals surface area contributed by atoms with Crippen LogP contribution in [-0.4, -0.2) is 25.3 Å². The molecule has 2 aliphatic rings. The molecule has 1 N–H and O–H groups in total. The van der Waals surface area contributed by atoms with Gasteiger partial charge in [-0.1, -0.05) is 39.7 Å². The van der Waals surface area contributed by atoms with Crippen molar-refractivity contribution >= 4 is 25.9 Å². The number of hydrogen-bond donors (Lipinski definition) is 1. The number of nitrogens with zero attached hydrogens (tertiary/aromatic N) is 1. The summed E-state index contributed by atoms with van der Waals surface area (Å²) in [6.45, 7) is 10.6. The topological polar surface area (TPSA) is 66.8 Å². The second-order valence-electron chi connectivity index (χ2n) is 8.78. The number of hydroxylamine groups is 1. The van der Waals surface area contributed by atoms with Gasteiger partial charge in [0.15, 0.2) is 0 Å². The third kappa shape index (κ3) is 2.71. The molecule has 1 fully saturated rings. The second kappa shape index (κ2) is 5.67. The van der Waals surface area contributed by atoms with E-state index in [4.69, 9.17) is 4.53 Å². The summed E-state index contributed by atoms with van der Waals surface area (Å²) in [5, 5.41) is 10.7. The molecule has 1 spiro atoms. The quantitative estimate of drug-likeness (QED) is 0.806. The Kier molecular flexibility index (Phi) is 4.12. The molecule has 1 heterocycles. The van der Waals surface area contributed by atoms with Crippen molar-refractivity contribution in [1.82, 2.24) is 0 Å². The smallest absolute Gasteiger partial charge is 0.335 e. The first-order valence-corrected chi connectivity index (χ1v) is 11.8. The van der Waals surface area contributed by atoms with E-state index in [1.165, 1.54) is 5.06 Å². The largest absolute Gasteiger partial charge is 0.478 e. The third-order valence-corrected chi connectivity index (χ3v) is 10.4. The molecule has 1 aromatic carbocycles. The summed E-state index contributed by atoms with van der Waals surface area (Å²) in [6.07, 6.45) is 3.64. The van der Waals surface area contributed by atoms with Gasteiger partial charge in [0.1, 0.15) is 0 Å². The highest BCUT2D eigenvalue weighted by Crippen LogP contribution is 2.52. The SMILES string of the molecule is CC(C)(C)[Si](C)(C)ON1C(=O)C2(CCCC2)c2ccc(C(=O)O)cc21. The summed E-state index contributed by atoms with van der Waals surface area (Å²) < 4.78 is 6.35. The molecule has 1 saturated carbocycles. The van der Waals surface area contributed by atoms with Crippen molar-refractivity contribution in [2.45, 2.75) is 70.0 Å². The summed E-state index contributed by atoms with van der Waals surface area (Å²) in [7, 11) is -2.23. The Labute approximate surface area is 150 Å². The highest BCUT2D eigenvalue weighted by atomic mass is 28.4. The molecule has 136 valence electrons. The monoisotopic (exact) mass is 361 g/mol. The fraction of sp³-hybridized carbons (Fsp3) is 0.579. The minimum absolute atomic E-state index is 0.0210. The zero-order chi connectivity index (χ0) is 18.6. The van der Waals surface area contributed by atoms with Crippen LogP contribution in [-0.2, 0) is 14.7 Å². The Balaban J connectivity index is 2.10. The lowest BCUT2D eigenvalue weighted by Crippen LogP contribution is -2.50. The van der Waals surface area contributed by atoms with E-state index in [1.54, 1.807) is 12.1 Å². The molecule has 1 amide bonds. The van der Waals surface area contributed by atoms with Crippen LogP contribution in [0.4, 0.5) is 5.69 Å². The Morgan fingerprint density at radius 3 is 2.36 bits per heavy atom. The highest BCUT2D eigenvalue weighted by Gasteiger charge is 2.55. The van der Waals surface area contributed by atoms with Gasteiger partial charge in [-0.15, -0.1) is 0 Å². The summed E-state index contributed by atoms with van der Waals surface area (Å²) in [5.74, 6) is -1.01. The van der Waals surface area contributed by atoms with Crippen LogP contribution >= 0.6 is 0 Å². The molecule has 1 aliphatic carbocycles. The van der Waals surface area contributed by atoms with Crippen LogP contribution in [0.15, 0.2) is 18.2 Å². The maximum absolute atomic E-state index is 13.3. The number of hydrogen-bond acceptors (Lipinski definition) is 3. The number of amides is 1. The number of carbonyl (C=O) groups excluding carboxylic acids is 1. The first-order chi connectivity index (χ1) is 11.5. The minimum atomic E-state index is -2.23. The van der Waals surface area contributed by atoms with Crippen molar-refractivity contribution in [1.29, 1.82) is 0 Å². The van der Waals surface area contributed by atoms with Crippen LogP contribution in [0.3, 0.4) is 0 Å². The van der Waals surface area contributed by atoms with E-state index < -0.39 is 19.7 Å². The molecule has 5 nitrogen and oxygen atoms in total. The second-order valence-corrected chi connectivity index (χ2v) is 13.5. The van der Waals surface area contributed by atoms with Crippen LogP contribution in [0, 0.1) is 0 Å². The minimum Gasteiger partial charge on any atom is -0.478 e. The third-order valence-electron chi connectivity index (χ3n) is 6.16. The normalized spacial score (nSPS) is 19.6. The van der Waals surface area contributed by atoms with Crippen LogP contribution in [0.25, 0.3) is 0 Å². The maximum atomic E-state index is 13.3. The number of carbonyl (C=O) groups is 2. The van der Waals surface area contributed by atoms with Gasteiger partial charge in [0.2, 0.25) is 8.32 Å². The highest BCUT2D eigenvalue weighted by molar-refractivity contribution is 6.74. The van der Waals surface area contributed by atoms with Gasteiger partial charge in [-0.25, -0.2) is 4.79 Å². The molecule has 6 heteroatoms. The zero-order valence-corrected chi connectivity index (χ0v) is 16.7.